The molecule has 0 aliphatic carbocycles. The van der Waals surface area contributed by atoms with Gasteiger partial charge in [-0.3, -0.25) is 0 Å². The predicted octanol–water partition coefficient (Wildman–Crippen LogP) is 6.46. The molecule has 1 aliphatic rings. The maximum absolute atomic E-state index is 2.69. The average molecular weight is 381 g/mol. The Bertz CT molecular complexity index is 386. The van der Waals surface area contributed by atoms with Crippen LogP contribution in [0.2, 0.25) is 22.5 Å². The van der Waals surface area contributed by atoms with Gasteiger partial charge >= 0.3 is 133 Å². The van der Waals surface area contributed by atoms with E-state index in [4.69, 9.17) is 0 Å². The van der Waals surface area contributed by atoms with Crippen molar-refractivity contribution in [3.63, 3.8) is 0 Å². The van der Waals surface area contributed by atoms with Gasteiger partial charge < -0.3 is 0 Å². The first-order valence-electron chi connectivity index (χ1n) is 8.95. The normalized spacial score (nSPS) is 18.1. The molecule has 0 saturated carbocycles. The molecule has 0 amide bonds. The van der Waals surface area contributed by atoms with Crippen molar-refractivity contribution in [3.05, 3.63) is 18.2 Å². The van der Waals surface area contributed by atoms with E-state index in [1.54, 1.807) is 0 Å². The molecule has 1 aliphatic heterocycles. The second-order valence-electron chi connectivity index (χ2n) is 6.84. The molecule has 0 radical (unpaired) electrons. The van der Waals surface area contributed by atoms with E-state index in [1.165, 1.54) is 44.7 Å². The van der Waals surface area contributed by atoms with Crippen LogP contribution >= 0.6 is 0 Å². The Morgan fingerprint density at radius 3 is 1.70 bits per heavy atom. The molecule has 0 unspecified atom stereocenters. The summed E-state index contributed by atoms with van der Waals surface area (Å²) in [6.45, 7) is 12.7. The Morgan fingerprint density at radius 1 is 0.800 bits per heavy atom. The SMILES string of the molecule is CCC[C]1=C(CC)C(B(CC)CC)=[C](CCC)[Sn]1([CH3])[CH3]. The van der Waals surface area contributed by atoms with Crippen LogP contribution in [0.1, 0.15) is 66.7 Å². The second kappa shape index (κ2) is 8.10. The zero-order valence-corrected chi connectivity index (χ0v) is 17.9. The molecular weight excluding hydrogens is 346 g/mol. The first-order chi connectivity index (χ1) is 9.49. The summed E-state index contributed by atoms with van der Waals surface area (Å²) >= 11 is -2.16. The van der Waals surface area contributed by atoms with Gasteiger partial charge in [-0.2, -0.15) is 0 Å². The van der Waals surface area contributed by atoms with Crippen molar-refractivity contribution in [2.24, 2.45) is 0 Å². The van der Waals surface area contributed by atoms with Crippen molar-refractivity contribution < 1.29 is 0 Å². The van der Waals surface area contributed by atoms with Crippen LogP contribution in [0.3, 0.4) is 0 Å². The van der Waals surface area contributed by atoms with Gasteiger partial charge in [-0.1, -0.05) is 0 Å². The molecule has 0 nitrogen and oxygen atoms in total. The Labute approximate surface area is 132 Å². The van der Waals surface area contributed by atoms with Crippen LogP contribution in [0.4, 0.5) is 0 Å². The number of allylic oxidation sites excluding steroid dienone is 4. The summed E-state index contributed by atoms with van der Waals surface area (Å²) in [5.41, 5.74) is 3.69. The van der Waals surface area contributed by atoms with Crippen LogP contribution in [0.5, 0.6) is 0 Å². The fourth-order valence-corrected chi connectivity index (χ4v) is 16.3. The average Bonchev–Trinajstić information content (AvgIpc) is 2.62. The van der Waals surface area contributed by atoms with Crippen molar-refractivity contribution in [3.8, 4) is 0 Å². The van der Waals surface area contributed by atoms with Gasteiger partial charge in [-0.25, -0.2) is 0 Å². The third-order valence-corrected chi connectivity index (χ3v) is 16.9. The van der Waals surface area contributed by atoms with Crippen molar-refractivity contribution >= 4 is 25.1 Å². The Kier molecular flexibility index (Phi) is 7.45. The van der Waals surface area contributed by atoms with Crippen LogP contribution in [0, 0.1) is 0 Å². The first kappa shape index (κ1) is 18.4. The monoisotopic (exact) mass is 382 g/mol. The standard InChI is InChI=1S/C16H29B.2CH3.Sn/c1-6-11-13-15(8-3)16(14-12-7-2)17(9-4)10-5;;;/h6-12H2,1-5H3;2*1H3;. The summed E-state index contributed by atoms with van der Waals surface area (Å²) in [6, 6.07) is 0. The molecule has 0 fully saturated rings. The Hall–Kier alpha value is 0.344. The molecule has 0 aromatic carbocycles. The van der Waals surface area contributed by atoms with Gasteiger partial charge in [-0.05, 0) is 0 Å². The Morgan fingerprint density at radius 2 is 1.30 bits per heavy atom. The maximum atomic E-state index is 2.69. The predicted molar refractivity (Wildman–Crippen MR) is 98.4 cm³/mol. The summed E-state index contributed by atoms with van der Waals surface area (Å²) in [5, 5.41) is 0. The van der Waals surface area contributed by atoms with E-state index in [0.29, 0.717) is 0 Å². The number of hydrogen-bond donors (Lipinski definition) is 0. The second-order valence-corrected chi connectivity index (χ2v) is 19.6. The van der Waals surface area contributed by atoms with Gasteiger partial charge in [-0.15, -0.1) is 0 Å². The molecule has 0 saturated heterocycles. The van der Waals surface area contributed by atoms with E-state index in [2.05, 4.69) is 44.5 Å². The molecule has 2 heteroatoms. The van der Waals surface area contributed by atoms with Gasteiger partial charge in [0.25, 0.3) is 0 Å². The summed E-state index contributed by atoms with van der Waals surface area (Å²) < 4.78 is 3.95. The van der Waals surface area contributed by atoms with Crippen molar-refractivity contribution in [1.82, 2.24) is 0 Å². The van der Waals surface area contributed by atoms with Crippen molar-refractivity contribution in [1.29, 1.82) is 0 Å². The van der Waals surface area contributed by atoms with Crippen molar-refractivity contribution in [2.75, 3.05) is 0 Å². The quantitative estimate of drug-likeness (QED) is 0.423. The molecule has 0 aromatic heterocycles. The number of hydrogen-bond acceptors (Lipinski definition) is 0. The zero-order valence-electron chi connectivity index (χ0n) is 15.0. The third kappa shape index (κ3) is 3.39. The molecule has 0 bridgehead atoms. The summed E-state index contributed by atoms with van der Waals surface area (Å²) in [7, 11) is 0. The summed E-state index contributed by atoms with van der Waals surface area (Å²) in [4.78, 5) is 5.38. The van der Waals surface area contributed by atoms with Crippen LogP contribution in [0.15, 0.2) is 18.2 Å². The molecule has 20 heavy (non-hydrogen) atoms. The third-order valence-electron chi connectivity index (χ3n) is 5.27. The minimum absolute atomic E-state index is 0.830. The van der Waals surface area contributed by atoms with Gasteiger partial charge in [0.1, 0.15) is 0 Å². The molecular formula is C18H35BSn. The van der Waals surface area contributed by atoms with Gasteiger partial charge in [0.15, 0.2) is 0 Å². The van der Waals surface area contributed by atoms with Crippen LogP contribution in [-0.4, -0.2) is 25.1 Å². The molecule has 0 spiro atoms. The van der Waals surface area contributed by atoms with Gasteiger partial charge in [0.05, 0.1) is 0 Å². The van der Waals surface area contributed by atoms with E-state index in [9.17, 15) is 0 Å². The van der Waals surface area contributed by atoms with E-state index >= 15 is 0 Å². The fraction of sp³-hybridized carbons (Fsp3) is 0.778. The summed E-state index contributed by atoms with van der Waals surface area (Å²) in [6.07, 6.45) is 9.34. The van der Waals surface area contributed by atoms with E-state index in [1.807, 2.05) is 18.2 Å². The number of rotatable bonds is 8. The van der Waals surface area contributed by atoms with E-state index in [0.717, 1.165) is 6.71 Å². The first-order valence-corrected chi connectivity index (χ1v) is 17.5. The zero-order chi connectivity index (χ0) is 15.3. The Balaban J connectivity index is 3.41. The van der Waals surface area contributed by atoms with Crippen LogP contribution in [-0.2, 0) is 0 Å². The molecule has 0 atom stereocenters. The molecule has 1 rings (SSSR count). The van der Waals surface area contributed by atoms with Crippen LogP contribution in [0.25, 0.3) is 0 Å². The summed E-state index contributed by atoms with van der Waals surface area (Å²) in [5.74, 6) is 0. The van der Waals surface area contributed by atoms with Gasteiger partial charge in [0.2, 0.25) is 0 Å². The van der Waals surface area contributed by atoms with Crippen molar-refractivity contribution in [2.45, 2.75) is 89.2 Å². The van der Waals surface area contributed by atoms with Crippen LogP contribution < -0.4 is 0 Å². The topological polar surface area (TPSA) is 0 Å². The van der Waals surface area contributed by atoms with E-state index in [-0.39, 0.29) is 0 Å². The van der Waals surface area contributed by atoms with Gasteiger partial charge in [0, 0.05) is 0 Å². The minimum atomic E-state index is -2.16. The fourth-order valence-electron chi connectivity index (χ4n) is 4.24. The molecule has 1 heterocycles. The molecule has 0 N–H and O–H groups in total. The molecule has 0 aromatic rings. The molecule has 114 valence electrons. The van der Waals surface area contributed by atoms with E-state index < -0.39 is 18.4 Å².